The molecule has 0 radical (unpaired) electrons. The van der Waals surface area contributed by atoms with Crippen LogP contribution >= 0.6 is 22.9 Å². The Bertz CT molecular complexity index is 1170. The molecule has 0 fully saturated rings. The molecule has 3 rings (SSSR count). The summed E-state index contributed by atoms with van der Waals surface area (Å²) in [4.78, 5) is 29.8. The first-order chi connectivity index (χ1) is 14.0. The highest BCUT2D eigenvalue weighted by atomic mass is 35.5. The summed E-state index contributed by atoms with van der Waals surface area (Å²) in [5.41, 5.74) is -0.972. The zero-order valence-corrected chi connectivity index (χ0v) is 17.8. The second kappa shape index (κ2) is 7.88. The van der Waals surface area contributed by atoms with E-state index >= 15 is 0 Å². The lowest BCUT2D eigenvalue weighted by atomic mass is 10.1. The van der Waals surface area contributed by atoms with Gasteiger partial charge in [-0.2, -0.15) is 18.3 Å². The van der Waals surface area contributed by atoms with Gasteiger partial charge in [0.1, 0.15) is 15.7 Å². The third kappa shape index (κ3) is 3.86. The molecule has 0 bridgehead atoms. The lowest BCUT2D eigenvalue weighted by Crippen LogP contribution is -2.17. The second-order valence-corrected chi connectivity index (χ2v) is 7.94. The summed E-state index contributed by atoms with van der Waals surface area (Å²) in [6, 6.07) is 0.808. The van der Waals surface area contributed by atoms with E-state index in [0.29, 0.717) is 10.1 Å². The predicted molar refractivity (Wildman–Crippen MR) is 105 cm³/mol. The minimum Gasteiger partial charge on any atom is -0.462 e. The van der Waals surface area contributed by atoms with Crippen LogP contribution in [0.25, 0.3) is 5.65 Å². The smallest absolute Gasteiger partial charge is 0.433 e. The van der Waals surface area contributed by atoms with Gasteiger partial charge in [0, 0.05) is 10.6 Å². The van der Waals surface area contributed by atoms with E-state index in [0.717, 1.165) is 22.3 Å². The number of hydrogen-bond acceptors (Lipinski definition) is 6. The van der Waals surface area contributed by atoms with Crippen molar-refractivity contribution in [1.29, 1.82) is 0 Å². The van der Waals surface area contributed by atoms with Crippen LogP contribution in [0.2, 0.25) is 5.02 Å². The molecule has 0 aliphatic carbocycles. The lowest BCUT2D eigenvalue weighted by Gasteiger charge is -2.09. The standard InChI is InChI=1S/C18H16ClF3N4O3S/c1-5-29-17(28)11-8(3)9(4)30-16(11)24-15(27)13-12(19)14-23-7(2)6-10(18(20,21)22)26(14)25-13/h6H,5H2,1-4H3,(H,24,27). The summed E-state index contributed by atoms with van der Waals surface area (Å²) in [5.74, 6) is -1.49. The largest absolute Gasteiger partial charge is 0.462 e. The minimum atomic E-state index is -4.73. The fraction of sp³-hybridized carbons (Fsp3) is 0.333. The quantitative estimate of drug-likeness (QED) is 0.564. The van der Waals surface area contributed by atoms with Gasteiger partial charge >= 0.3 is 12.1 Å². The van der Waals surface area contributed by atoms with Crippen LogP contribution in [0.4, 0.5) is 18.2 Å². The number of carbonyl (C=O) groups is 2. The number of thiophene rings is 1. The van der Waals surface area contributed by atoms with Crippen molar-refractivity contribution < 1.29 is 27.5 Å². The molecule has 0 aliphatic rings. The van der Waals surface area contributed by atoms with Crippen LogP contribution in [0.1, 0.15) is 49.6 Å². The number of rotatable bonds is 4. The molecular weight excluding hydrogens is 445 g/mol. The number of carbonyl (C=O) groups excluding carboxylic acids is 2. The molecule has 0 aliphatic heterocycles. The van der Waals surface area contributed by atoms with Crippen LogP contribution in [-0.4, -0.2) is 33.1 Å². The molecule has 3 aromatic heterocycles. The van der Waals surface area contributed by atoms with Gasteiger partial charge < -0.3 is 10.1 Å². The van der Waals surface area contributed by atoms with Gasteiger partial charge in [0.15, 0.2) is 11.3 Å². The van der Waals surface area contributed by atoms with E-state index in [1.807, 2.05) is 0 Å². The van der Waals surface area contributed by atoms with Gasteiger partial charge in [0.25, 0.3) is 5.91 Å². The monoisotopic (exact) mass is 460 g/mol. The van der Waals surface area contributed by atoms with Crippen molar-refractivity contribution in [1.82, 2.24) is 14.6 Å². The molecule has 3 aromatic rings. The topological polar surface area (TPSA) is 85.6 Å². The van der Waals surface area contributed by atoms with E-state index in [4.69, 9.17) is 16.3 Å². The van der Waals surface area contributed by atoms with Gasteiger partial charge in [-0.1, -0.05) is 11.6 Å². The van der Waals surface area contributed by atoms with Gasteiger partial charge in [-0.15, -0.1) is 11.3 Å². The van der Waals surface area contributed by atoms with Gasteiger partial charge in [-0.3, -0.25) is 4.79 Å². The Hall–Kier alpha value is -2.66. The molecule has 0 saturated carbocycles. The maximum absolute atomic E-state index is 13.4. The third-order valence-corrected chi connectivity index (χ3v) is 5.73. The number of nitrogens with one attached hydrogen (secondary N) is 1. The molecular formula is C18H16ClF3N4O3S. The normalized spacial score (nSPS) is 11.7. The number of hydrogen-bond donors (Lipinski definition) is 1. The number of aryl methyl sites for hydroxylation is 2. The first-order valence-electron chi connectivity index (χ1n) is 8.67. The van der Waals surface area contributed by atoms with E-state index in [9.17, 15) is 22.8 Å². The number of halogens is 4. The van der Waals surface area contributed by atoms with Gasteiger partial charge in [-0.25, -0.2) is 14.3 Å². The average Bonchev–Trinajstić information content (AvgIpc) is 3.11. The summed E-state index contributed by atoms with van der Waals surface area (Å²) in [7, 11) is 0. The number of amides is 1. The van der Waals surface area contributed by atoms with Crippen molar-refractivity contribution in [3.05, 3.63) is 44.2 Å². The summed E-state index contributed by atoms with van der Waals surface area (Å²) in [5, 5.41) is 6.11. The van der Waals surface area contributed by atoms with Crippen molar-refractivity contribution in [2.24, 2.45) is 0 Å². The van der Waals surface area contributed by atoms with E-state index in [1.54, 1.807) is 20.8 Å². The van der Waals surface area contributed by atoms with Crippen molar-refractivity contribution in [3.63, 3.8) is 0 Å². The molecule has 0 spiro atoms. The van der Waals surface area contributed by atoms with Crippen LogP contribution in [0.3, 0.4) is 0 Å². The van der Waals surface area contributed by atoms with E-state index < -0.39 is 29.4 Å². The van der Waals surface area contributed by atoms with Crippen molar-refractivity contribution in [2.75, 3.05) is 11.9 Å². The highest BCUT2D eigenvalue weighted by molar-refractivity contribution is 7.16. The Morgan fingerprint density at radius 2 is 1.97 bits per heavy atom. The average molecular weight is 461 g/mol. The number of fused-ring (bicyclic) bond motifs is 1. The summed E-state index contributed by atoms with van der Waals surface area (Å²) < 4.78 is 45.6. The number of esters is 1. The first-order valence-corrected chi connectivity index (χ1v) is 9.86. The van der Waals surface area contributed by atoms with Crippen LogP contribution < -0.4 is 5.32 Å². The molecule has 1 amide bonds. The van der Waals surface area contributed by atoms with Crippen molar-refractivity contribution in [3.8, 4) is 0 Å². The molecule has 160 valence electrons. The zero-order chi connectivity index (χ0) is 22.4. The summed E-state index contributed by atoms with van der Waals surface area (Å²) in [6.45, 7) is 6.63. The molecule has 3 heterocycles. The summed E-state index contributed by atoms with van der Waals surface area (Å²) >= 11 is 7.27. The zero-order valence-electron chi connectivity index (χ0n) is 16.3. The number of alkyl halides is 3. The van der Waals surface area contributed by atoms with E-state index in [-0.39, 0.29) is 33.5 Å². The molecule has 0 aromatic carbocycles. The number of anilines is 1. The van der Waals surface area contributed by atoms with E-state index in [1.165, 1.54) is 6.92 Å². The Balaban J connectivity index is 2.07. The van der Waals surface area contributed by atoms with Crippen LogP contribution in [0.5, 0.6) is 0 Å². The van der Waals surface area contributed by atoms with Gasteiger partial charge in [0.05, 0.1) is 12.2 Å². The summed E-state index contributed by atoms with van der Waals surface area (Å²) in [6.07, 6.45) is -4.73. The highest BCUT2D eigenvalue weighted by Gasteiger charge is 2.36. The minimum absolute atomic E-state index is 0.0673. The number of ether oxygens (including phenoxy) is 1. The van der Waals surface area contributed by atoms with Gasteiger partial charge in [0.2, 0.25) is 0 Å². The Morgan fingerprint density at radius 1 is 1.30 bits per heavy atom. The molecule has 7 nitrogen and oxygen atoms in total. The fourth-order valence-corrected chi connectivity index (χ4v) is 4.08. The third-order valence-electron chi connectivity index (χ3n) is 4.26. The van der Waals surface area contributed by atoms with Gasteiger partial charge in [-0.05, 0) is 39.3 Å². The Labute approximate surface area is 177 Å². The highest BCUT2D eigenvalue weighted by Crippen LogP contribution is 2.35. The molecule has 1 N–H and O–H groups in total. The van der Waals surface area contributed by atoms with E-state index in [2.05, 4.69) is 15.4 Å². The first kappa shape index (κ1) is 22.0. The maximum atomic E-state index is 13.4. The SMILES string of the molecule is CCOC(=O)c1c(NC(=O)c2nn3c(C(F)(F)F)cc(C)nc3c2Cl)sc(C)c1C. The Kier molecular flexibility index (Phi) is 5.79. The van der Waals surface area contributed by atoms with Crippen molar-refractivity contribution >= 4 is 45.5 Å². The van der Waals surface area contributed by atoms with Crippen LogP contribution in [0.15, 0.2) is 6.07 Å². The van der Waals surface area contributed by atoms with Crippen LogP contribution in [-0.2, 0) is 10.9 Å². The molecule has 0 unspecified atom stereocenters. The molecule has 30 heavy (non-hydrogen) atoms. The second-order valence-electron chi connectivity index (χ2n) is 6.34. The number of nitrogens with zero attached hydrogens (tertiary/aromatic N) is 3. The molecule has 0 atom stereocenters. The molecule has 12 heteroatoms. The van der Waals surface area contributed by atoms with Crippen LogP contribution in [0, 0.1) is 20.8 Å². The predicted octanol–water partition coefficient (Wildman–Crippen LogP) is 4.82. The fourth-order valence-electron chi connectivity index (χ4n) is 2.79. The van der Waals surface area contributed by atoms with Crippen molar-refractivity contribution in [2.45, 2.75) is 33.9 Å². The Morgan fingerprint density at radius 3 is 2.57 bits per heavy atom. The molecule has 0 saturated heterocycles. The maximum Gasteiger partial charge on any atom is 0.433 e. The lowest BCUT2D eigenvalue weighted by molar-refractivity contribution is -0.142. The number of aromatic nitrogens is 3.